The van der Waals surface area contributed by atoms with Gasteiger partial charge in [0.05, 0.1) is 9.04 Å². The summed E-state index contributed by atoms with van der Waals surface area (Å²) in [6.45, 7) is 2.73. The van der Waals surface area contributed by atoms with Crippen LogP contribution in [0.25, 0.3) is 0 Å². The summed E-state index contributed by atoms with van der Waals surface area (Å²) in [5, 5.41) is 4.86. The van der Waals surface area contributed by atoms with Crippen LogP contribution in [0.2, 0.25) is 0 Å². The van der Waals surface area contributed by atoms with Gasteiger partial charge in [0.1, 0.15) is 0 Å². The van der Waals surface area contributed by atoms with Crippen LogP contribution in [0.3, 0.4) is 0 Å². The molecule has 1 aromatic rings. The molecule has 4 nitrogen and oxygen atoms in total. The molecule has 1 aliphatic rings. The molecule has 0 radical (unpaired) electrons. The molecular formula is C12H19BrN2O2S2. The summed E-state index contributed by atoms with van der Waals surface area (Å²) in [5.41, 5.74) is 1.02. The Balaban J connectivity index is 1.92. The fourth-order valence-electron chi connectivity index (χ4n) is 1.81. The van der Waals surface area contributed by atoms with E-state index in [2.05, 4.69) is 21.2 Å². The van der Waals surface area contributed by atoms with Crippen molar-refractivity contribution in [3.05, 3.63) is 20.8 Å². The summed E-state index contributed by atoms with van der Waals surface area (Å²) in [5.74, 6) is 0. The third kappa shape index (κ3) is 4.26. The highest BCUT2D eigenvalue weighted by molar-refractivity contribution is 9.11. The van der Waals surface area contributed by atoms with Crippen LogP contribution in [-0.2, 0) is 16.6 Å². The molecule has 1 heterocycles. The monoisotopic (exact) mass is 366 g/mol. The number of hydrogen-bond donors (Lipinski definition) is 1. The summed E-state index contributed by atoms with van der Waals surface area (Å²) >= 11 is 4.96. The lowest BCUT2D eigenvalue weighted by molar-refractivity contribution is 0.454. The van der Waals surface area contributed by atoms with Gasteiger partial charge in [-0.25, -0.2) is 12.7 Å². The first-order chi connectivity index (χ1) is 8.89. The summed E-state index contributed by atoms with van der Waals surface area (Å²) < 4.78 is 27.2. The van der Waals surface area contributed by atoms with Crippen molar-refractivity contribution in [2.75, 3.05) is 13.6 Å². The molecule has 1 aromatic heterocycles. The lowest BCUT2D eigenvalue weighted by Gasteiger charge is -2.22. The standard InChI is InChI=1S/C12H19BrN2O2S2/c1-9(6-14-11-3-4-11)19(16,17)15(2)7-10-5-12(13)18-8-10/h5,8-9,11,14H,3-4,6-7H2,1-2H3. The second kappa shape index (κ2) is 6.22. The number of nitrogens with one attached hydrogen (secondary N) is 1. The first-order valence-electron chi connectivity index (χ1n) is 6.31. The molecule has 0 saturated heterocycles. The van der Waals surface area contributed by atoms with E-state index >= 15 is 0 Å². The van der Waals surface area contributed by atoms with Crippen molar-refractivity contribution >= 4 is 37.3 Å². The molecule has 1 fully saturated rings. The van der Waals surface area contributed by atoms with Crippen molar-refractivity contribution in [3.63, 3.8) is 0 Å². The number of rotatable bonds is 7. The molecule has 0 aliphatic heterocycles. The van der Waals surface area contributed by atoms with Crippen molar-refractivity contribution in [2.24, 2.45) is 0 Å². The molecule has 0 bridgehead atoms. The van der Waals surface area contributed by atoms with E-state index < -0.39 is 10.0 Å². The maximum atomic E-state index is 12.4. The van der Waals surface area contributed by atoms with Crippen LogP contribution < -0.4 is 5.32 Å². The summed E-state index contributed by atoms with van der Waals surface area (Å²) in [6, 6.07) is 2.50. The molecule has 1 unspecified atom stereocenters. The van der Waals surface area contributed by atoms with Gasteiger partial charge in [-0.05, 0) is 52.7 Å². The molecule has 1 atom stereocenters. The van der Waals surface area contributed by atoms with Crippen molar-refractivity contribution in [2.45, 2.75) is 37.6 Å². The fourth-order valence-corrected chi connectivity index (χ4v) is 4.26. The lowest BCUT2D eigenvalue weighted by atomic mass is 10.3. The van der Waals surface area contributed by atoms with Crippen LogP contribution >= 0.6 is 27.3 Å². The average molecular weight is 367 g/mol. The van der Waals surface area contributed by atoms with E-state index in [-0.39, 0.29) is 5.25 Å². The molecule has 19 heavy (non-hydrogen) atoms. The van der Waals surface area contributed by atoms with Gasteiger partial charge in [-0.15, -0.1) is 11.3 Å². The van der Waals surface area contributed by atoms with Crippen molar-refractivity contribution in [1.82, 2.24) is 9.62 Å². The van der Waals surface area contributed by atoms with E-state index in [9.17, 15) is 8.42 Å². The summed E-state index contributed by atoms with van der Waals surface area (Å²) in [7, 11) is -1.59. The van der Waals surface area contributed by atoms with Gasteiger partial charge < -0.3 is 5.32 Å². The Labute approximate surface area is 127 Å². The third-order valence-corrected chi connectivity index (χ3v) is 6.98. The number of nitrogens with zero attached hydrogens (tertiary/aromatic N) is 1. The maximum Gasteiger partial charge on any atom is 0.218 e. The van der Waals surface area contributed by atoms with Crippen molar-refractivity contribution < 1.29 is 8.42 Å². The number of sulfonamides is 1. The molecule has 0 amide bonds. The van der Waals surface area contributed by atoms with Gasteiger partial charge in [0, 0.05) is 26.2 Å². The largest absolute Gasteiger partial charge is 0.313 e. The van der Waals surface area contributed by atoms with Crippen molar-refractivity contribution in [1.29, 1.82) is 0 Å². The van der Waals surface area contributed by atoms with E-state index in [1.54, 1.807) is 25.3 Å². The van der Waals surface area contributed by atoms with Gasteiger partial charge in [0.15, 0.2) is 0 Å². The number of halogens is 1. The third-order valence-electron chi connectivity index (χ3n) is 3.24. The maximum absolute atomic E-state index is 12.4. The molecule has 0 aromatic carbocycles. The Kier molecular flexibility index (Phi) is 5.05. The Morgan fingerprint density at radius 3 is 2.79 bits per heavy atom. The Morgan fingerprint density at radius 2 is 2.26 bits per heavy atom. The van der Waals surface area contributed by atoms with Gasteiger partial charge in [0.25, 0.3) is 0 Å². The smallest absolute Gasteiger partial charge is 0.218 e. The van der Waals surface area contributed by atoms with E-state index in [0.717, 1.165) is 9.35 Å². The van der Waals surface area contributed by atoms with Gasteiger partial charge in [0.2, 0.25) is 10.0 Å². The van der Waals surface area contributed by atoms with Gasteiger partial charge in [-0.2, -0.15) is 0 Å². The highest BCUT2D eigenvalue weighted by atomic mass is 79.9. The Hall–Kier alpha value is 0.0500. The fraction of sp³-hybridized carbons (Fsp3) is 0.667. The second-order valence-corrected chi connectivity index (χ2v) is 9.80. The Bertz CT molecular complexity index is 526. The van der Waals surface area contributed by atoms with Crippen LogP contribution in [0, 0.1) is 0 Å². The number of hydrogen-bond acceptors (Lipinski definition) is 4. The first kappa shape index (κ1) is 15.4. The second-order valence-electron chi connectivity index (χ2n) is 5.05. The normalized spacial score (nSPS) is 17.9. The van der Waals surface area contributed by atoms with E-state index in [1.165, 1.54) is 17.1 Å². The predicted molar refractivity (Wildman–Crippen MR) is 82.9 cm³/mol. The van der Waals surface area contributed by atoms with E-state index in [0.29, 0.717) is 19.1 Å². The van der Waals surface area contributed by atoms with Gasteiger partial charge in [-0.1, -0.05) is 0 Å². The van der Waals surface area contributed by atoms with E-state index in [4.69, 9.17) is 0 Å². The zero-order valence-corrected chi connectivity index (χ0v) is 14.3. The average Bonchev–Trinajstić information content (AvgIpc) is 3.09. The number of thiophene rings is 1. The molecule has 2 rings (SSSR count). The molecule has 108 valence electrons. The van der Waals surface area contributed by atoms with Crippen molar-refractivity contribution in [3.8, 4) is 0 Å². The minimum absolute atomic E-state index is 0.389. The quantitative estimate of drug-likeness (QED) is 0.805. The summed E-state index contributed by atoms with van der Waals surface area (Å²) in [6.07, 6.45) is 2.34. The van der Waals surface area contributed by atoms with Crippen LogP contribution in [0.15, 0.2) is 15.2 Å². The Morgan fingerprint density at radius 1 is 1.58 bits per heavy atom. The zero-order valence-electron chi connectivity index (χ0n) is 11.1. The first-order valence-corrected chi connectivity index (χ1v) is 9.48. The zero-order chi connectivity index (χ0) is 14.0. The summed E-state index contributed by atoms with van der Waals surface area (Å²) in [4.78, 5) is 0. The minimum atomic E-state index is -3.24. The van der Waals surface area contributed by atoms with Gasteiger partial charge >= 0.3 is 0 Å². The topological polar surface area (TPSA) is 49.4 Å². The van der Waals surface area contributed by atoms with Crippen LogP contribution in [0.4, 0.5) is 0 Å². The lowest BCUT2D eigenvalue weighted by Crippen LogP contribution is -2.40. The molecular weight excluding hydrogens is 348 g/mol. The van der Waals surface area contributed by atoms with Crippen LogP contribution in [0.5, 0.6) is 0 Å². The minimum Gasteiger partial charge on any atom is -0.313 e. The highest BCUT2D eigenvalue weighted by Crippen LogP contribution is 2.23. The molecule has 0 spiro atoms. The molecule has 1 aliphatic carbocycles. The highest BCUT2D eigenvalue weighted by Gasteiger charge is 2.28. The SMILES string of the molecule is CC(CNC1CC1)S(=O)(=O)N(C)Cc1csc(Br)c1. The van der Waals surface area contributed by atoms with Crippen LogP contribution in [-0.4, -0.2) is 37.6 Å². The molecule has 1 N–H and O–H groups in total. The van der Waals surface area contributed by atoms with Gasteiger partial charge in [-0.3, -0.25) is 0 Å². The molecule has 1 saturated carbocycles. The molecule has 7 heteroatoms. The van der Waals surface area contributed by atoms with E-state index in [1.807, 2.05) is 11.4 Å². The van der Waals surface area contributed by atoms with Crippen LogP contribution in [0.1, 0.15) is 25.3 Å². The predicted octanol–water partition coefficient (Wildman–Crippen LogP) is 2.41.